The van der Waals surface area contributed by atoms with Crippen molar-refractivity contribution in [3.8, 4) is 0 Å². The number of thiophene rings is 1. The van der Waals surface area contributed by atoms with E-state index in [0.29, 0.717) is 34.2 Å². The van der Waals surface area contributed by atoms with Crippen molar-refractivity contribution in [1.82, 2.24) is 9.97 Å². The van der Waals surface area contributed by atoms with Crippen LogP contribution in [0.1, 0.15) is 21.1 Å². The first kappa shape index (κ1) is 15.2. The van der Waals surface area contributed by atoms with Gasteiger partial charge in [0.1, 0.15) is 21.3 Å². The molecule has 0 saturated carbocycles. The smallest absolute Gasteiger partial charge is 0.346 e. The Hall–Kier alpha value is -2.21. The molecule has 0 atom stereocenters. The standard InChI is InChI=1S/C15H17N3O2S/c1-5-7-18(8-6-2)13-11-9(3)12(15(19)20)21-14(11)17-10(4)16-13/h5-6H,1-2,7-8H2,3-4H3,(H,19,20). The van der Waals surface area contributed by atoms with E-state index < -0.39 is 5.97 Å². The average Bonchev–Trinajstić information content (AvgIpc) is 2.75. The number of fused-ring (bicyclic) bond motifs is 1. The molecule has 1 N–H and O–H groups in total. The quantitative estimate of drug-likeness (QED) is 0.830. The summed E-state index contributed by atoms with van der Waals surface area (Å²) in [5.41, 5.74) is 0.704. The first-order chi connectivity index (χ1) is 9.99. The monoisotopic (exact) mass is 303 g/mol. The minimum absolute atomic E-state index is 0.309. The molecule has 0 aromatic carbocycles. The highest BCUT2D eigenvalue weighted by molar-refractivity contribution is 7.20. The number of rotatable bonds is 6. The molecule has 110 valence electrons. The molecule has 0 spiro atoms. The van der Waals surface area contributed by atoms with Gasteiger partial charge >= 0.3 is 5.97 Å². The number of anilines is 1. The van der Waals surface area contributed by atoms with Crippen molar-refractivity contribution in [2.24, 2.45) is 0 Å². The van der Waals surface area contributed by atoms with Gasteiger partial charge in [0.15, 0.2) is 0 Å². The molecule has 0 bridgehead atoms. The Balaban J connectivity index is 2.74. The molecule has 0 fully saturated rings. The fraction of sp³-hybridized carbons (Fsp3) is 0.267. The van der Waals surface area contributed by atoms with Crippen LogP contribution in [0.4, 0.5) is 5.82 Å². The van der Waals surface area contributed by atoms with E-state index in [0.717, 1.165) is 11.2 Å². The van der Waals surface area contributed by atoms with Crippen LogP contribution < -0.4 is 4.90 Å². The predicted molar refractivity (Wildman–Crippen MR) is 86.5 cm³/mol. The molecule has 0 amide bonds. The van der Waals surface area contributed by atoms with Gasteiger partial charge in [0.2, 0.25) is 0 Å². The van der Waals surface area contributed by atoms with Crippen molar-refractivity contribution in [1.29, 1.82) is 0 Å². The second-order valence-corrected chi connectivity index (χ2v) is 5.62. The second-order valence-electron chi connectivity index (χ2n) is 4.62. The number of nitrogens with zero attached hydrogens (tertiary/aromatic N) is 3. The summed E-state index contributed by atoms with van der Waals surface area (Å²) in [6.45, 7) is 12.3. The third kappa shape index (κ3) is 2.80. The van der Waals surface area contributed by atoms with E-state index >= 15 is 0 Å². The van der Waals surface area contributed by atoms with Crippen LogP contribution in [0.15, 0.2) is 25.3 Å². The molecule has 2 aromatic heterocycles. The number of aromatic carboxylic acids is 1. The van der Waals surface area contributed by atoms with Crippen molar-refractivity contribution in [3.63, 3.8) is 0 Å². The fourth-order valence-corrected chi connectivity index (χ4v) is 3.27. The lowest BCUT2D eigenvalue weighted by molar-refractivity contribution is 0.0701. The summed E-state index contributed by atoms with van der Waals surface area (Å²) in [7, 11) is 0. The molecule has 5 nitrogen and oxygen atoms in total. The Labute approximate surface area is 127 Å². The number of hydrogen-bond acceptors (Lipinski definition) is 5. The number of carbonyl (C=O) groups is 1. The van der Waals surface area contributed by atoms with E-state index in [-0.39, 0.29) is 0 Å². The van der Waals surface area contributed by atoms with E-state index in [2.05, 4.69) is 23.1 Å². The Morgan fingerprint density at radius 1 is 1.29 bits per heavy atom. The van der Waals surface area contributed by atoms with Crippen LogP contribution in [0.25, 0.3) is 10.2 Å². The number of aromatic nitrogens is 2. The highest BCUT2D eigenvalue weighted by Gasteiger charge is 2.21. The van der Waals surface area contributed by atoms with Crippen molar-refractivity contribution >= 4 is 33.3 Å². The minimum Gasteiger partial charge on any atom is -0.477 e. The summed E-state index contributed by atoms with van der Waals surface area (Å²) >= 11 is 1.18. The zero-order valence-corrected chi connectivity index (χ0v) is 12.9. The average molecular weight is 303 g/mol. The molecule has 0 unspecified atom stereocenters. The van der Waals surface area contributed by atoms with Crippen LogP contribution in [0.5, 0.6) is 0 Å². The molecule has 6 heteroatoms. The molecule has 21 heavy (non-hydrogen) atoms. The van der Waals surface area contributed by atoms with Crippen LogP contribution in [-0.2, 0) is 0 Å². The van der Waals surface area contributed by atoms with Crippen LogP contribution >= 0.6 is 11.3 Å². The summed E-state index contributed by atoms with van der Waals surface area (Å²) in [5.74, 6) is 0.422. The lowest BCUT2D eigenvalue weighted by Crippen LogP contribution is -2.25. The SMILES string of the molecule is C=CCN(CC=C)c1nc(C)nc2sc(C(=O)O)c(C)c12. The maximum absolute atomic E-state index is 11.3. The van der Waals surface area contributed by atoms with Gasteiger partial charge in [-0.3, -0.25) is 0 Å². The number of aryl methyl sites for hydroxylation is 2. The van der Waals surface area contributed by atoms with Gasteiger partial charge in [-0.15, -0.1) is 24.5 Å². The Morgan fingerprint density at radius 2 is 1.90 bits per heavy atom. The van der Waals surface area contributed by atoms with Crippen molar-refractivity contribution in [3.05, 3.63) is 41.6 Å². The zero-order chi connectivity index (χ0) is 15.6. The number of carboxylic acids is 1. The predicted octanol–water partition coefficient (Wildman–Crippen LogP) is 3.18. The topological polar surface area (TPSA) is 66.3 Å². The van der Waals surface area contributed by atoms with Gasteiger partial charge in [-0.1, -0.05) is 12.2 Å². The Kier molecular flexibility index (Phi) is 4.37. The molecule has 2 heterocycles. The molecule has 2 rings (SSSR count). The van der Waals surface area contributed by atoms with E-state index in [1.807, 2.05) is 4.90 Å². The highest BCUT2D eigenvalue weighted by Crippen LogP contribution is 2.35. The van der Waals surface area contributed by atoms with Crippen molar-refractivity contribution in [2.45, 2.75) is 13.8 Å². The van der Waals surface area contributed by atoms with E-state index in [9.17, 15) is 9.90 Å². The lowest BCUT2D eigenvalue weighted by Gasteiger charge is -2.21. The van der Waals surface area contributed by atoms with Crippen LogP contribution in [0, 0.1) is 13.8 Å². The molecule has 0 aliphatic carbocycles. The first-order valence-corrected chi connectivity index (χ1v) is 7.29. The van der Waals surface area contributed by atoms with Gasteiger partial charge in [-0.05, 0) is 19.4 Å². The number of hydrogen-bond donors (Lipinski definition) is 1. The zero-order valence-electron chi connectivity index (χ0n) is 12.1. The van der Waals surface area contributed by atoms with E-state index in [4.69, 9.17) is 0 Å². The third-order valence-electron chi connectivity index (χ3n) is 3.08. The van der Waals surface area contributed by atoms with Crippen molar-refractivity contribution < 1.29 is 9.90 Å². The lowest BCUT2D eigenvalue weighted by atomic mass is 10.2. The normalized spacial score (nSPS) is 10.6. The van der Waals surface area contributed by atoms with E-state index in [1.54, 1.807) is 26.0 Å². The van der Waals surface area contributed by atoms with Gasteiger partial charge in [0.05, 0.1) is 5.39 Å². The number of carboxylic acid groups (broad SMARTS) is 1. The summed E-state index contributed by atoms with van der Waals surface area (Å²) in [6, 6.07) is 0. The summed E-state index contributed by atoms with van der Waals surface area (Å²) < 4.78 is 0. The first-order valence-electron chi connectivity index (χ1n) is 6.47. The highest BCUT2D eigenvalue weighted by atomic mass is 32.1. The molecule has 0 saturated heterocycles. The summed E-state index contributed by atoms with van der Waals surface area (Å²) in [6.07, 6.45) is 3.57. The summed E-state index contributed by atoms with van der Waals surface area (Å²) in [4.78, 5) is 23.2. The Morgan fingerprint density at radius 3 is 2.43 bits per heavy atom. The molecular weight excluding hydrogens is 286 g/mol. The Bertz CT molecular complexity index is 711. The molecular formula is C15H17N3O2S. The summed E-state index contributed by atoms with van der Waals surface area (Å²) in [5, 5.41) is 10.1. The molecule has 2 aromatic rings. The third-order valence-corrected chi connectivity index (χ3v) is 4.25. The van der Waals surface area contributed by atoms with Crippen LogP contribution in [0.2, 0.25) is 0 Å². The van der Waals surface area contributed by atoms with Gasteiger partial charge in [0, 0.05) is 13.1 Å². The van der Waals surface area contributed by atoms with E-state index in [1.165, 1.54) is 11.3 Å². The maximum Gasteiger partial charge on any atom is 0.346 e. The minimum atomic E-state index is -0.932. The van der Waals surface area contributed by atoms with Gasteiger partial charge < -0.3 is 10.0 Å². The van der Waals surface area contributed by atoms with Gasteiger partial charge in [-0.2, -0.15) is 0 Å². The van der Waals surface area contributed by atoms with Gasteiger partial charge in [-0.25, -0.2) is 14.8 Å². The van der Waals surface area contributed by atoms with Crippen molar-refractivity contribution in [2.75, 3.05) is 18.0 Å². The van der Waals surface area contributed by atoms with Crippen LogP contribution in [0.3, 0.4) is 0 Å². The molecule has 0 radical (unpaired) electrons. The molecule has 0 aliphatic heterocycles. The van der Waals surface area contributed by atoms with Crippen LogP contribution in [-0.4, -0.2) is 34.1 Å². The molecule has 0 aliphatic rings. The fourth-order valence-electron chi connectivity index (χ4n) is 2.21. The van der Waals surface area contributed by atoms with Gasteiger partial charge in [0.25, 0.3) is 0 Å². The largest absolute Gasteiger partial charge is 0.477 e. The second kappa shape index (κ2) is 6.05. The maximum atomic E-state index is 11.3.